The average molecular weight is 351 g/mol. The summed E-state index contributed by atoms with van der Waals surface area (Å²) in [5.41, 5.74) is 0.400. The molecular formula is C21H25N3O2. The highest BCUT2D eigenvalue weighted by atomic mass is 16.5. The van der Waals surface area contributed by atoms with Gasteiger partial charge in [-0.1, -0.05) is 18.1 Å². The van der Waals surface area contributed by atoms with E-state index in [1.807, 2.05) is 29.9 Å². The van der Waals surface area contributed by atoms with Gasteiger partial charge < -0.3 is 14.4 Å². The molecule has 2 aliphatic rings. The number of aromatic nitrogens is 2. The second-order valence-electron chi connectivity index (χ2n) is 7.50. The minimum atomic E-state index is -0.821. The molecule has 0 aliphatic carbocycles. The van der Waals surface area contributed by atoms with Gasteiger partial charge in [-0.15, -0.1) is 6.42 Å². The Hall–Kier alpha value is -2.29. The summed E-state index contributed by atoms with van der Waals surface area (Å²) in [6, 6.07) is 8.90. The SMILES string of the molecule is C#CCOc1cccc(CN2[C@H]3CC[C@H]2CC(O)(c2nccn2C)C3)c1. The number of imidazole rings is 1. The van der Waals surface area contributed by atoms with E-state index in [0.717, 1.165) is 43.8 Å². The van der Waals surface area contributed by atoms with Gasteiger partial charge in [0.15, 0.2) is 0 Å². The second kappa shape index (κ2) is 6.79. The number of ether oxygens (including phenoxy) is 1. The molecule has 5 heteroatoms. The Morgan fingerprint density at radius 2 is 2.12 bits per heavy atom. The van der Waals surface area contributed by atoms with Crippen LogP contribution in [0.5, 0.6) is 5.75 Å². The summed E-state index contributed by atoms with van der Waals surface area (Å²) in [6.45, 7) is 1.16. The highest BCUT2D eigenvalue weighted by molar-refractivity contribution is 5.29. The van der Waals surface area contributed by atoms with Crippen molar-refractivity contribution in [1.82, 2.24) is 14.5 Å². The number of aryl methyl sites for hydroxylation is 1. The maximum atomic E-state index is 11.3. The van der Waals surface area contributed by atoms with Gasteiger partial charge in [0.05, 0.1) is 0 Å². The summed E-state index contributed by atoms with van der Waals surface area (Å²) in [7, 11) is 1.95. The fraction of sp³-hybridized carbons (Fsp3) is 0.476. The summed E-state index contributed by atoms with van der Waals surface area (Å²) in [6.07, 6.45) is 12.7. The van der Waals surface area contributed by atoms with Gasteiger partial charge in [-0.25, -0.2) is 4.98 Å². The lowest BCUT2D eigenvalue weighted by molar-refractivity contribution is -0.0669. The van der Waals surface area contributed by atoms with Gasteiger partial charge in [0.1, 0.15) is 23.8 Å². The van der Waals surface area contributed by atoms with Crippen LogP contribution in [0.3, 0.4) is 0 Å². The largest absolute Gasteiger partial charge is 0.481 e. The van der Waals surface area contributed by atoms with E-state index in [2.05, 4.69) is 27.9 Å². The van der Waals surface area contributed by atoms with Gasteiger partial charge >= 0.3 is 0 Å². The van der Waals surface area contributed by atoms with Crippen molar-refractivity contribution in [2.24, 2.45) is 7.05 Å². The molecule has 1 N–H and O–H groups in total. The van der Waals surface area contributed by atoms with E-state index in [-0.39, 0.29) is 6.61 Å². The fourth-order valence-electron chi connectivity index (χ4n) is 4.64. The Kier molecular flexibility index (Phi) is 4.47. The third-order valence-corrected chi connectivity index (χ3v) is 5.74. The van der Waals surface area contributed by atoms with E-state index in [4.69, 9.17) is 11.2 Å². The number of aliphatic hydroxyl groups is 1. The Labute approximate surface area is 154 Å². The van der Waals surface area contributed by atoms with Crippen LogP contribution in [0.15, 0.2) is 36.7 Å². The minimum Gasteiger partial charge on any atom is -0.481 e. The van der Waals surface area contributed by atoms with Crippen LogP contribution < -0.4 is 4.74 Å². The zero-order valence-electron chi connectivity index (χ0n) is 15.1. The number of rotatable bonds is 5. The molecule has 0 spiro atoms. The van der Waals surface area contributed by atoms with Crippen LogP contribution in [-0.2, 0) is 19.2 Å². The molecule has 136 valence electrons. The first kappa shape index (κ1) is 17.1. The third-order valence-electron chi connectivity index (χ3n) is 5.74. The summed E-state index contributed by atoms with van der Waals surface area (Å²) >= 11 is 0. The third kappa shape index (κ3) is 3.11. The van der Waals surface area contributed by atoms with E-state index < -0.39 is 5.60 Å². The van der Waals surface area contributed by atoms with Gasteiger partial charge in [0, 0.05) is 38.1 Å². The monoisotopic (exact) mass is 351 g/mol. The molecule has 26 heavy (non-hydrogen) atoms. The maximum absolute atomic E-state index is 11.3. The molecule has 0 radical (unpaired) electrons. The van der Waals surface area contributed by atoms with Crippen molar-refractivity contribution >= 4 is 0 Å². The Morgan fingerprint density at radius 1 is 1.35 bits per heavy atom. The normalized spacial score (nSPS) is 28.0. The topological polar surface area (TPSA) is 50.5 Å². The summed E-state index contributed by atoms with van der Waals surface area (Å²) in [5.74, 6) is 4.10. The molecule has 2 atom stereocenters. The van der Waals surface area contributed by atoms with Crippen molar-refractivity contribution in [2.75, 3.05) is 6.61 Å². The number of hydrogen-bond donors (Lipinski definition) is 1. The Balaban J connectivity index is 1.49. The molecule has 0 saturated carbocycles. The number of fused-ring (bicyclic) bond motifs is 2. The maximum Gasteiger partial charge on any atom is 0.148 e. The molecule has 3 heterocycles. The van der Waals surface area contributed by atoms with Crippen LogP contribution in [0, 0.1) is 12.3 Å². The van der Waals surface area contributed by atoms with Gasteiger partial charge in [-0.05, 0) is 43.4 Å². The lowest BCUT2D eigenvalue weighted by atomic mass is 9.85. The number of nitrogens with zero attached hydrogens (tertiary/aromatic N) is 3. The first-order valence-electron chi connectivity index (χ1n) is 9.20. The molecule has 2 saturated heterocycles. The van der Waals surface area contributed by atoms with Crippen LogP contribution in [0.4, 0.5) is 0 Å². The second-order valence-corrected chi connectivity index (χ2v) is 7.50. The molecule has 1 aromatic heterocycles. The molecule has 0 unspecified atom stereocenters. The lowest BCUT2D eigenvalue weighted by Crippen LogP contribution is -2.50. The zero-order valence-corrected chi connectivity index (χ0v) is 15.1. The van der Waals surface area contributed by atoms with Crippen molar-refractivity contribution in [3.05, 3.63) is 48.0 Å². The summed E-state index contributed by atoms with van der Waals surface area (Å²) < 4.78 is 7.49. The van der Waals surface area contributed by atoms with Crippen molar-refractivity contribution in [2.45, 2.75) is 49.9 Å². The molecular weight excluding hydrogens is 326 g/mol. The van der Waals surface area contributed by atoms with Gasteiger partial charge in [-0.2, -0.15) is 0 Å². The van der Waals surface area contributed by atoms with Gasteiger partial charge in [-0.3, -0.25) is 4.90 Å². The van der Waals surface area contributed by atoms with E-state index in [9.17, 15) is 5.11 Å². The highest BCUT2D eigenvalue weighted by Crippen LogP contribution is 2.45. The first-order chi connectivity index (χ1) is 12.6. The number of hydrogen-bond acceptors (Lipinski definition) is 4. The first-order valence-corrected chi connectivity index (χ1v) is 9.20. The zero-order chi connectivity index (χ0) is 18.1. The smallest absolute Gasteiger partial charge is 0.148 e. The lowest BCUT2D eigenvalue weighted by Gasteiger charge is -2.43. The van der Waals surface area contributed by atoms with Crippen LogP contribution in [0.25, 0.3) is 0 Å². The molecule has 0 amide bonds. The van der Waals surface area contributed by atoms with Crippen molar-refractivity contribution in [3.63, 3.8) is 0 Å². The Morgan fingerprint density at radius 3 is 2.77 bits per heavy atom. The molecule has 2 aromatic rings. The van der Waals surface area contributed by atoms with Gasteiger partial charge in [0.2, 0.25) is 0 Å². The highest BCUT2D eigenvalue weighted by Gasteiger charge is 2.49. The predicted molar refractivity (Wildman–Crippen MR) is 99.5 cm³/mol. The minimum absolute atomic E-state index is 0.287. The number of terminal acetylenes is 1. The number of piperidine rings is 1. The van der Waals surface area contributed by atoms with Crippen LogP contribution in [0.2, 0.25) is 0 Å². The quantitative estimate of drug-likeness (QED) is 0.841. The molecule has 4 rings (SSSR count). The molecule has 1 aromatic carbocycles. The number of benzene rings is 1. The van der Waals surface area contributed by atoms with Crippen molar-refractivity contribution in [3.8, 4) is 18.1 Å². The molecule has 2 aliphatic heterocycles. The van der Waals surface area contributed by atoms with Crippen molar-refractivity contribution in [1.29, 1.82) is 0 Å². The fourth-order valence-corrected chi connectivity index (χ4v) is 4.64. The predicted octanol–water partition coefficient (Wildman–Crippen LogP) is 2.45. The van der Waals surface area contributed by atoms with Gasteiger partial charge in [0.25, 0.3) is 0 Å². The Bertz CT molecular complexity index is 809. The molecule has 2 fully saturated rings. The average Bonchev–Trinajstić information content (AvgIpc) is 3.16. The van der Waals surface area contributed by atoms with Crippen LogP contribution in [0.1, 0.15) is 37.1 Å². The van der Waals surface area contributed by atoms with E-state index >= 15 is 0 Å². The molecule has 5 nitrogen and oxygen atoms in total. The van der Waals surface area contributed by atoms with E-state index in [1.165, 1.54) is 5.56 Å². The van der Waals surface area contributed by atoms with E-state index in [0.29, 0.717) is 12.1 Å². The van der Waals surface area contributed by atoms with Crippen molar-refractivity contribution < 1.29 is 9.84 Å². The van der Waals surface area contributed by atoms with E-state index in [1.54, 1.807) is 6.20 Å². The summed E-state index contributed by atoms with van der Waals surface area (Å²) in [4.78, 5) is 6.96. The molecule has 2 bridgehead atoms. The summed E-state index contributed by atoms with van der Waals surface area (Å²) in [5, 5.41) is 11.3. The standard InChI is InChI=1S/C21H25N3O2/c1-3-11-26-19-6-4-5-16(12-19)15-24-17-7-8-18(24)14-21(25,13-17)20-22-9-10-23(20)2/h1,4-6,9-10,12,17-18,25H,7-8,11,13-15H2,2H3/t17-,18-/m0/s1. The van der Waals surface area contributed by atoms with Crippen LogP contribution >= 0.6 is 0 Å². The van der Waals surface area contributed by atoms with Crippen LogP contribution in [-0.4, -0.2) is 38.2 Å².